The summed E-state index contributed by atoms with van der Waals surface area (Å²) in [5.74, 6) is 1.08. The first-order valence-corrected chi connectivity index (χ1v) is 10.2. The highest BCUT2D eigenvalue weighted by atomic mass is 16.5. The lowest BCUT2D eigenvalue weighted by Crippen LogP contribution is -2.55. The zero-order chi connectivity index (χ0) is 21.3. The SMILES string of the molecule is COc1cccc(CNC(=O)c2ccc3c(c2)N(C)C2CCCCN2C3=O)c1OC. The molecule has 1 unspecified atom stereocenters. The Morgan fingerprint density at radius 2 is 2.00 bits per heavy atom. The second-order valence-electron chi connectivity index (χ2n) is 7.65. The quantitative estimate of drug-likeness (QED) is 0.822. The lowest BCUT2D eigenvalue weighted by atomic mass is 9.97. The van der Waals surface area contributed by atoms with E-state index in [1.807, 2.05) is 36.2 Å². The van der Waals surface area contributed by atoms with Gasteiger partial charge in [0.2, 0.25) is 0 Å². The fourth-order valence-corrected chi connectivity index (χ4v) is 4.38. The number of carbonyl (C=O) groups excluding carboxylic acids is 2. The summed E-state index contributed by atoms with van der Waals surface area (Å²) in [6, 6.07) is 10.9. The molecule has 0 radical (unpaired) electrons. The van der Waals surface area contributed by atoms with Crippen LogP contribution in [0.3, 0.4) is 0 Å². The number of rotatable bonds is 5. The van der Waals surface area contributed by atoms with Gasteiger partial charge in [0.05, 0.1) is 25.5 Å². The van der Waals surface area contributed by atoms with Crippen molar-refractivity contribution in [2.45, 2.75) is 32.0 Å². The third-order valence-electron chi connectivity index (χ3n) is 5.97. The minimum atomic E-state index is -0.199. The highest BCUT2D eigenvalue weighted by molar-refractivity contribution is 6.04. The van der Waals surface area contributed by atoms with Crippen molar-refractivity contribution in [2.24, 2.45) is 0 Å². The van der Waals surface area contributed by atoms with Crippen LogP contribution in [0.15, 0.2) is 36.4 Å². The molecule has 4 rings (SSSR count). The number of methoxy groups -OCH3 is 2. The van der Waals surface area contributed by atoms with Gasteiger partial charge in [0, 0.05) is 31.3 Å². The van der Waals surface area contributed by atoms with Crippen molar-refractivity contribution in [3.8, 4) is 11.5 Å². The van der Waals surface area contributed by atoms with Crippen molar-refractivity contribution in [1.82, 2.24) is 10.2 Å². The van der Waals surface area contributed by atoms with Gasteiger partial charge in [-0.3, -0.25) is 9.59 Å². The molecular weight excluding hydrogens is 382 g/mol. The second-order valence-corrected chi connectivity index (χ2v) is 7.65. The van der Waals surface area contributed by atoms with Crippen molar-refractivity contribution in [3.63, 3.8) is 0 Å². The van der Waals surface area contributed by atoms with E-state index in [9.17, 15) is 9.59 Å². The van der Waals surface area contributed by atoms with Crippen LogP contribution < -0.4 is 19.7 Å². The molecule has 1 fully saturated rings. The Morgan fingerprint density at radius 1 is 1.17 bits per heavy atom. The number of carbonyl (C=O) groups is 2. The fraction of sp³-hybridized carbons (Fsp3) is 0.391. The van der Waals surface area contributed by atoms with Crippen LogP contribution in [0.4, 0.5) is 5.69 Å². The van der Waals surface area contributed by atoms with E-state index in [0.29, 0.717) is 29.2 Å². The highest BCUT2D eigenvalue weighted by Gasteiger charge is 2.37. The van der Waals surface area contributed by atoms with E-state index in [2.05, 4.69) is 10.2 Å². The fourth-order valence-electron chi connectivity index (χ4n) is 4.38. The topological polar surface area (TPSA) is 71.1 Å². The molecule has 158 valence electrons. The lowest BCUT2D eigenvalue weighted by molar-refractivity contribution is 0.0589. The Morgan fingerprint density at radius 3 is 2.77 bits per heavy atom. The van der Waals surface area contributed by atoms with Crippen molar-refractivity contribution in [2.75, 3.05) is 32.7 Å². The molecule has 7 heteroatoms. The zero-order valence-electron chi connectivity index (χ0n) is 17.6. The van der Waals surface area contributed by atoms with Crippen molar-refractivity contribution < 1.29 is 19.1 Å². The molecule has 30 heavy (non-hydrogen) atoms. The van der Waals surface area contributed by atoms with Gasteiger partial charge in [0.1, 0.15) is 6.17 Å². The predicted octanol–water partition coefficient (Wildman–Crippen LogP) is 3.04. The van der Waals surface area contributed by atoms with Gasteiger partial charge in [0.15, 0.2) is 11.5 Å². The molecule has 2 amide bonds. The van der Waals surface area contributed by atoms with Gasteiger partial charge in [-0.1, -0.05) is 12.1 Å². The van der Waals surface area contributed by atoms with Crippen molar-refractivity contribution in [3.05, 3.63) is 53.1 Å². The Hall–Kier alpha value is -3.22. The van der Waals surface area contributed by atoms with Crippen LogP contribution >= 0.6 is 0 Å². The minimum Gasteiger partial charge on any atom is -0.493 e. The molecule has 0 aliphatic carbocycles. The molecule has 2 aliphatic heterocycles. The van der Waals surface area contributed by atoms with E-state index in [1.54, 1.807) is 26.4 Å². The average molecular weight is 409 g/mol. The molecule has 2 aromatic carbocycles. The van der Waals surface area contributed by atoms with Crippen LogP contribution in [0, 0.1) is 0 Å². The number of hydrogen-bond acceptors (Lipinski definition) is 5. The van der Waals surface area contributed by atoms with Gasteiger partial charge in [-0.2, -0.15) is 0 Å². The van der Waals surface area contributed by atoms with Crippen LogP contribution in [-0.2, 0) is 6.54 Å². The van der Waals surface area contributed by atoms with Crippen LogP contribution in [0.5, 0.6) is 11.5 Å². The first-order chi connectivity index (χ1) is 14.5. The van der Waals surface area contributed by atoms with E-state index < -0.39 is 0 Å². The van der Waals surface area contributed by atoms with Crippen LogP contribution in [0.25, 0.3) is 0 Å². The standard InChI is InChI=1S/C23H27N3O4/c1-25-18-13-15(10-11-17(18)23(28)26-12-5-4-9-20(25)26)22(27)24-14-16-7-6-8-19(29-2)21(16)30-3/h6-8,10-11,13,20H,4-5,9,12,14H2,1-3H3,(H,24,27). The molecule has 2 aromatic rings. The molecule has 0 bridgehead atoms. The molecule has 0 spiro atoms. The minimum absolute atomic E-state index is 0.0564. The monoisotopic (exact) mass is 409 g/mol. The summed E-state index contributed by atoms with van der Waals surface area (Å²) in [6.45, 7) is 1.10. The molecule has 2 heterocycles. The Bertz CT molecular complexity index is 975. The molecule has 1 atom stereocenters. The van der Waals surface area contributed by atoms with E-state index in [1.165, 1.54) is 0 Å². The maximum Gasteiger partial charge on any atom is 0.257 e. The summed E-state index contributed by atoms with van der Waals surface area (Å²) < 4.78 is 10.7. The number of piperidine rings is 1. The van der Waals surface area contributed by atoms with Gasteiger partial charge in [-0.05, 0) is 43.5 Å². The van der Waals surface area contributed by atoms with E-state index in [-0.39, 0.29) is 18.0 Å². The number of benzene rings is 2. The Kier molecular flexibility index (Phi) is 5.53. The van der Waals surface area contributed by atoms with Gasteiger partial charge in [-0.25, -0.2) is 0 Å². The third kappa shape index (κ3) is 3.44. The number of hydrogen-bond donors (Lipinski definition) is 1. The Labute approximate surface area is 176 Å². The van der Waals surface area contributed by atoms with Crippen LogP contribution in [0.1, 0.15) is 45.5 Å². The van der Waals surface area contributed by atoms with Crippen molar-refractivity contribution in [1.29, 1.82) is 0 Å². The molecular formula is C23H27N3O4. The molecule has 0 aromatic heterocycles. The second kappa shape index (κ2) is 8.26. The summed E-state index contributed by atoms with van der Waals surface area (Å²) in [4.78, 5) is 29.8. The van der Waals surface area contributed by atoms with E-state index >= 15 is 0 Å². The third-order valence-corrected chi connectivity index (χ3v) is 5.97. The zero-order valence-corrected chi connectivity index (χ0v) is 17.6. The lowest BCUT2D eigenvalue weighted by Gasteiger charge is -2.46. The molecule has 0 saturated carbocycles. The van der Waals surface area contributed by atoms with Gasteiger partial charge in [0.25, 0.3) is 11.8 Å². The average Bonchev–Trinajstić information content (AvgIpc) is 2.80. The van der Waals surface area contributed by atoms with E-state index in [0.717, 1.165) is 37.1 Å². The summed E-state index contributed by atoms with van der Waals surface area (Å²) >= 11 is 0. The van der Waals surface area contributed by atoms with Gasteiger partial charge < -0.3 is 24.6 Å². The number of fused-ring (bicyclic) bond motifs is 2. The van der Waals surface area contributed by atoms with Crippen LogP contribution in [-0.4, -0.2) is 50.7 Å². The number of anilines is 1. The summed E-state index contributed by atoms with van der Waals surface area (Å²) in [7, 11) is 5.16. The summed E-state index contributed by atoms with van der Waals surface area (Å²) in [6.07, 6.45) is 3.17. The smallest absolute Gasteiger partial charge is 0.257 e. The van der Waals surface area contributed by atoms with Crippen LogP contribution in [0.2, 0.25) is 0 Å². The predicted molar refractivity (Wildman–Crippen MR) is 114 cm³/mol. The number of ether oxygens (including phenoxy) is 2. The molecule has 2 aliphatic rings. The molecule has 7 nitrogen and oxygen atoms in total. The maximum absolute atomic E-state index is 12.9. The maximum atomic E-state index is 12.9. The molecule has 1 N–H and O–H groups in total. The summed E-state index contributed by atoms with van der Waals surface area (Å²) in [5, 5.41) is 2.94. The number of amides is 2. The van der Waals surface area contributed by atoms with Gasteiger partial charge in [-0.15, -0.1) is 0 Å². The van der Waals surface area contributed by atoms with Crippen molar-refractivity contribution >= 4 is 17.5 Å². The largest absolute Gasteiger partial charge is 0.493 e. The normalized spacial score (nSPS) is 17.8. The molecule has 1 saturated heterocycles. The number of para-hydroxylation sites is 1. The number of nitrogens with zero attached hydrogens (tertiary/aromatic N) is 2. The van der Waals surface area contributed by atoms with E-state index in [4.69, 9.17) is 9.47 Å². The number of nitrogens with one attached hydrogen (secondary N) is 1. The van der Waals surface area contributed by atoms with Gasteiger partial charge >= 0.3 is 0 Å². The first-order valence-electron chi connectivity index (χ1n) is 10.2. The summed E-state index contributed by atoms with van der Waals surface area (Å²) in [5.41, 5.74) is 2.82. The highest BCUT2D eigenvalue weighted by Crippen LogP contribution is 2.35. The Balaban J connectivity index is 1.54. The first kappa shape index (κ1) is 20.1.